The molecule has 112 valence electrons. The summed E-state index contributed by atoms with van der Waals surface area (Å²) in [7, 11) is 5.21. The lowest BCUT2D eigenvalue weighted by Crippen LogP contribution is -2.38. The monoisotopic (exact) mass is 281 g/mol. The lowest BCUT2D eigenvalue weighted by molar-refractivity contribution is 0.386. The van der Waals surface area contributed by atoms with Crippen LogP contribution in [0.5, 0.6) is 5.75 Å². The minimum Gasteiger partial charge on any atom is -0.494 e. The van der Waals surface area contributed by atoms with Crippen LogP contribution in [0.2, 0.25) is 0 Å². The predicted octanol–water partition coefficient (Wildman–Crippen LogP) is 2.64. The van der Waals surface area contributed by atoms with Gasteiger partial charge >= 0.3 is 0 Å². The Bertz CT molecular complexity index is 449. The molecule has 0 spiro atoms. The van der Waals surface area contributed by atoms with Gasteiger partial charge in [-0.3, -0.25) is 4.99 Å². The smallest absolute Gasteiger partial charge is 0.193 e. The molecule has 0 aliphatic heterocycles. The zero-order valence-corrected chi connectivity index (χ0v) is 12.7. The average molecular weight is 281 g/mol. The summed E-state index contributed by atoms with van der Waals surface area (Å²) in [6, 6.07) is 4.95. The maximum Gasteiger partial charge on any atom is 0.193 e. The molecule has 1 aromatic rings. The van der Waals surface area contributed by atoms with E-state index >= 15 is 0 Å². The van der Waals surface area contributed by atoms with Gasteiger partial charge in [-0.2, -0.15) is 0 Å². The van der Waals surface area contributed by atoms with Crippen LogP contribution in [0.3, 0.4) is 0 Å². The summed E-state index contributed by atoms with van der Waals surface area (Å²) in [5.41, 5.74) is 0.855. The molecule has 0 heterocycles. The molecule has 0 bridgehead atoms. The van der Waals surface area contributed by atoms with E-state index in [9.17, 15) is 4.39 Å². The molecule has 1 aromatic carbocycles. The molecule has 0 unspecified atom stereocenters. The molecule has 4 nitrogen and oxygen atoms in total. The number of nitrogens with zero attached hydrogens (tertiary/aromatic N) is 2. The second-order valence-corrected chi connectivity index (χ2v) is 4.64. The maximum atomic E-state index is 13.6. The topological polar surface area (TPSA) is 36.9 Å². The number of benzene rings is 1. The van der Waals surface area contributed by atoms with E-state index < -0.39 is 0 Å². The van der Waals surface area contributed by atoms with Gasteiger partial charge in [0.25, 0.3) is 0 Å². The third-order valence-electron chi connectivity index (χ3n) is 3.09. The number of ether oxygens (including phenoxy) is 1. The van der Waals surface area contributed by atoms with Crippen molar-refractivity contribution < 1.29 is 9.13 Å². The molecule has 0 atom stereocenters. The Morgan fingerprint density at radius 3 is 2.75 bits per heavy atom. The van der Waals surface area contributed by atoms with Gasteiger partial charge in [-0.25, -0.2) is 4.39 Å². The van der Waals surface area contributed by atoms with Crippen molar-refractivity contribution in [1.82, 2.24) is 10.2 Å². The van der Waals surface area contributed by atoms with E-state index in [0.717, 1.165) is 30.9 Å². The first-order valence-corrected chi connectivity index (χ1v) is 6.86. The van der Waals surface area contributed by atoms with E-state index in [1.165, 1.54) is 13.2 Å². The van der Waals surface area contributed by atoms with Crippen molar-refractivity contribution in [3.05, 3.63) is 29.6 Å². The number of nitrogens with one attached hydrogen (secondary N) is 1. The lowest BCUT2D eigenvalue weighted by atomic mass is 10.2. The van der Waals surface area contributed by atoms with Crippen LogP contribution in [-0.4, -0.2) is 38.6 Å². The number of guanidine groups is 1. The van der Waals surface area contributed by atoms with E-state index in [4.69, 9.17) is 4.74 Å². The molecule has 0 radical (unpaired) electrons. The molecule has 0 saturated carbocycles. The lowest BCUT2D eigenvalue weighted by Gasteiger charge is -2.21. The van der Waals surface area contributed by atoms with Gasteiger partial charge in [0.15, 0.2) is 17.5 Å². The van der Waals surface area contributed by atoms with E-state index in [1.54, 1.807) is 13.1 Å². The van der Waals surface area contributed by atoms with Crippen molar-refractivity contribution in [3.63, 3.8) is 0 Å². The highest BCUT2D eigenvalue weighted by molar-refractivity contribution is 5.79. The van der Waals surface area contributed by atoms with E-state index in [0.29, 0.717) is 6.54 Å². The highest BCUT2D eigenvalue weighted by Gasteiger charge is 2.07. The summed E-state index contributed by atoms with van der Waals surface area (Å²) in [6.07, 6.45) is 2.26. The summed E-state index contributed by atoms with van der Waals surface area (Å²) < 4.78 is 18.5. The molecule has 1 rings (SSSR count). The maximum absolute atomic E-state index is 13.6. The second-order valence-electron chi connectivity index (χ2n) is 4.64. The third kappa shape index (κ3) is 4.72. The minimum atomic E-state index is -0.346. The largest absolute Gasteiger partial charge is 0.494 e. The van der Waals surface area contributed by atoms with Gasteiger partial charge in [-0.05, 0) is 24.1 Å². The van der Waals surface area contributed by atoms with E-state index in [1.807, 2.05) is 13.1 Å². The van der Waals surface area contributed by atoms with Crippen molar-refractivity contribution in [2.45, 2.75) is 26.3 Å². The van der Waals surface area contributed by atoms with E-state index in [2.05, 4.69) is 22.1 Å². The fourth-order valence-corrected chi connectivity index (χ4v) is 1.89. The second kappa shape index (κ2) is 8.40. The van der Waals surface area contributed by atoms with Crippen LogP contribution in [0.15, 0.2) is 23.2 Å². The Hall–Kier alpha value is -1.78. The Morgan fingerprint density at radius 2 is 2.20 bits per heavy atom. The van der Waals surface area contributed by atoms with Gasteiger partial charge in [0.1, 0.15) is 0 Å². The van der Waals surface area contributed by atoms with Crippen LogP contribution in [0, 0.1) is 5.82 Å². The predicted molar refractivity (Wildman–Crippen MR) is 80.7 cm³/mol. The standard InChI is InChI=1S/C15H24FN3O/c1-5-6-9-19(3)15(17-2)18-11-12-7-8-14(20-4)13(16)10-12/h7-8,10H,5-6,9,11H2,1-4H3,(H,17,18). The fourth-order valence-electron chi connectivity index (χ4n) is 1.89. The van der Waals surface area contributed by atoms with Crippen LogP contribution in [0.1, 0.15) is 25.3 Å². The SMILES string of the molecule is CCCCN(C)C(=NC)NCc1ccc(OC)c(F)c1. The Kier molecular flexibility index (Phi) is 6.84. The molecule has 0 aliphatic carbocycles. The fraction of sp³-hybridized carbons (Fsp3) is 0.533. The molecule has 20 heavy (non-hydrogen) atoms. The zero-order chi connectivity index (χ0) is 15.0. The summed E-state index contributed by atoms with van der Waals surface area (Å²) in [5, 5.41) is 3.23. The number of halogens is 1. The Morgan fingerprint density at radius 1 is 1.45 bits per heavy atom. The van der Waals surface area contributed by atoms with Crippen LogP contribution in [0.25, 0.3) is 0 Å². The van der Waals surface area contributed by atoms with Crippen LogP contribution in [0.4, 0.5) is 4.39 Å². The molecule has 0 amide bonds. The quantitative estimate of drug-likeness (QED) is 0.643. The highest BCUT2D eigenvalue weighted by atomic mass is 19.1. The van der Waals surface area contributed by atoms with Gasteiger partial charge < -0.3 is 15.0 Å². The molecule has 0 aliphatic rings. The van der Waals surface area contributed by atoms with E-state index in [-0.39, 0.29) is 11.6 Å². The Balaban J connectivity index is 2.58. The normalized spacial score (nSPS) is 11.3. The molecule has 5 heteroatoms. The first-order chi connectivity index (χ1) is 9.62. The van der Waals surface area contributed by atoms with Crippen LogP contribution < -0.4 is 10.1 Å². The van der Waals surface area contributed by atoms with Crippen molar-refractivity contribution in [3.8, 4) is 5.75 Å². The summed E-state index contributed by atoms with van der Waals surface area (Å²) in [5.74, 6) is 0.731. The summed E-state index contributed by atoms with van der Waals surface area (Å²) in [6.45, 7) is 3.64. The van der Waals surface area contributed by atoms with Crippen molar-refractivity contribution >= 4 is 5.96 Å². The molecular weight excluding hydrogens is 257 g/mol. The van der Waals surface area contributed by atoms with Gasteiger partial charge in [0.2, 0.25) is 0 Å². The third-order valence-corrected chi connectivity index (χ3v) is 3.09. The highest BCUT2D eigenvalue weighted by Crippen LogP contribution is 2.17. The van der Waals surface area contributed by atoms with Gasteiger partial charge in [0.05, 0.1) is 7.11 Å². The number of rotatable bonds is 6. The summed E-state index contributed by atoms with van der Waals surface area (Å²) in [4.78, 5) is 6.30. The van der Waals surface area contributed by atoms with Crippen LogP contribution in [-0.2, 0) is 6.54 Å². The number of hydrogen-bond donors (Lipinski definition) is 1. The average Bonchev–Trinajstić information content (AvgIpc) is 2.45. The van der Waals surface area contributed by atoms with Gasteiger partial charge in [-0.1, -0.05) is 19.4 Å². The Labute approximate surface area is 120 Å². The first kappa shape index (κ1) is 16.3. The van der Waals surface area contributed by atoms with Crippen molar-refractivity contribution in [1.29, 1.82) is 0 Å². The van der Waals surface area contributed by atoms with Gasteiger partial charge in [-0.15, -0.1) is 0 Å². The van der Waals surface area contributed by atoms with Gasteiger partial charge in [0, 0.05) is 27.2 Å². The van der Waals surface area contributed by atoms with Crippen LogP contribution >= 0.6 is 0 Å². The van der Waals surface area contributed by atoms with Crippen molar-refractivity contribution in [2.24, 2.45) is 4.99 Å². The first-order valence-electron chi connectivity index (χ1n) is 6.86. The number of methoxy groups -OCH3 is 1. The molecule has 0 fully saturated rings. The number of unbranched alkanes of at least 4 members (excludes halogenated alkanes) is 1. The number of hydrogen-bond acceptors (Lipinski definition) is 2. The molecular formula is C15H24FN3O. The molecule has 1 N–H and O–H groups in total. The molecule has 0 aromatic heterocycles. The minimum absolute atomic E-state index is 0.262. The zero-order valence-electron chi connectivity index (χ0n) is 12.7. The molecule has 0 saturated heterocycles. The van der Waals surface area contributed by atoms with Crippen molar-refractivity contribution in [2.75, 3.05) is 27.7 Å². The number of aliphatic imine (C=N–C) groups is 1. The summed E-state index contributed by atoms with van der Waals surface area (Å²) >= 11 is 0.